The van der Waals surface area contributed by atoms with E-state index in [0.717, 1.165) is 17.8 Å². The SMILES string of the molecule is CCCCCC1C(C)C1(C)C(C)C. The van der Waals surface area contributed by atoms with Crippen molar-refractivity contribution < 1.29 is 0 Å². The Morgan fingerprint density at radius 1 is 1.23 bits per heavy atom. The van der Waals surface area contributed by atoms with Crippen molar-refractivity contribution in [3.05, 3.63) is 0 Å². The summed E-state index contributed by atoms with van der Waals surface area (Å²) in [7, 11) is 0. The Balaban J connectivity index is 2.31. The second-order valence-corrected chi connectivity index (χ2v) is 5.41. The van der Waals surface area contributed by atoms with Crippen LogP contribution in [-0.2, 0) is 0 Å². The number of unbranched alkanes of at least 4 members (excludes halogenated alkanes) is 2. The molecule has 1 fully saturated rings. The predicted molar refractivity (Wildman–Crippen MR) is 59.7 cm³/mol. The van der Waals surface area contributed by atoms with Gasteiger partial charge in [0.25, 0.3) is 0 Å². The molecule has 1 aliphatic rings. The van der Waals surface area contributed by atoms with Crippen molar-refractivity contribution in [1.82, 2.24) is 0 Å². The summed E-state index contributed by atoms with van der Waals surface area (Å²) in [6, 6.07) is 0. The molecule has 0 aromatic heterocycles. The molecule has 0 saturated heterocycles. The molecule has 1 aliphatic carbocycles. The van der Waals surface area contributed by atoms with E-state index in [-0.39, 0.29) is 0 Å². The van der Waals surface area contributed by atoms with Gasteiger partial charge < -0.3 is 0 Å². The lowest BCUT2D eigenvalue weighted by Crippen LogP contribution is -2.08. The maximum absolute atomic E-state index is 2.49. The van der Waals surface area contributed by atoms with Crippen LogP contribution in [0.1, 0.15) is 60.3 Å². The van der Waals surface area contributed by atoms with E-state index in [9.17, 15) is 0 Å². The first-order valence-electron chi connectivity index (χ1n) is 6.05. The van der Waals surface area contributed by atoms with Crippen molar-refractivity contribution in [2.45, 2.75) is 60.3 Å². The van der Waals surface area contributed by atoms with Crippen LogP contribution in [0.3, 0.4) is 0 Å². The highest BCUT2D eigenvalue weighted by molar-refractivity contribution is 5.06. The van der Waals surface area contributed by atoms with E-state index in [0.29, 0.717) is 5.41 Å². The maximum Gasteiger partial charge on any atom is -0.0243 e. The molecule has 0 bridgehead atoms. The third kappa shape index (κ3) is 1.92. The molecule has 13 heavy (non-hydrogen) atoms. The summed E-state index contributed by atoms with van der Waals surface area (Å²) in [5.41, 5.74) is 0.674. The average Bonchev–Trinajstić information content (AvgIpc) is 2.59. The highest BCUT2D eigenvalue weighted by Crippen LogP contribution is 2.64. The van der Waals surface area contributed by atoms with Crippen LogP contribution in [0.5, 0.6) is 0 Å². The van der Waals surface area contributed by atoms with Gasteiger partial charge in [0.2, 0.25) is 0 Å². The van der Waals surface area contributed by atoms with Crippen LogP contribution >= 0.6 is 0 Å². The van der Waals surface area contributed by atoms with Crippen LogP contribution in [-0.4, -0.2) is 0 Å². The Hall–Kier alpha value is 0. The van der Waals surface area contributed by atoms with Gasteiger partial charge in [0, 0.05) is 0 Å². The Morgan fingerprint density at radius 3 is 2.23 bits per heavy atom. The van der Waals surface area contributed by atoms with E-state index in [1.54, 1.807) is 0 Å². The van der Waals surface area contributed by atoms with Gasteiger partial charge in [0.05, 0.1) is 0 Å². The van der Waals surface area contributed by atoms with E-state index in [1.807, 2.05) is 0 Å². The van der Waals surface area contributed by atoms with Gasteiger partial charge in [-0.25, -0.2) is 0 Å². The van der Waals surface area contributed by atoms with E-state index in [1.165, 1.54) is 25.7 Å². The molecule has 0 aromatic carbocycles. The number of rotatable bonds is 5. The zero-order valence-corrected chi connectivity index (χ0v) is 10.1. The molecule has 0 spiro atoms. The molecular formula is C13H26. The minimum absolute atomic E-state index is 0.674. The van der Waals surface area contributed by atoms with Crippen molar-refractivity contribution in [3.63, 3.8) is 0 Å². The summed E-state index contributed by atoms with van der Waals surface area (Å²) in [5, 5.41) is 0. The normalized spacial score (nSPS) is 38.3. The van der Waals surface area contributed by atoms with Crippen molar-refractivity contribution in [3.8, 4) is 0 Å². The highest BCUT2D eigenvalue weighted by Gasteiger charge is 2.58. The van der Waals surface area contributed by atoms with Crippen LogP contribution in [0.25, 0.3) is 0 Å². The number of hydrogen-bond donors (Lipinski definition) is 0. The third-order valence-corrected chi connectivity index (χ3v) is 4.64. The minimum atomic E-state index is 0.674. The molecule has 0 aliphatic heterocycles. The Labute approximate surface area is 84.1 Å². The van der Waals surface area contributed by atoms with E-state index in [4.69, 9.17) is 0 Å². The summed E-state index contributed by atoms with van der Waals surface area (Å²) in [6.45, 7) is 12.0. The van der Waals surface area contributed by atoms with Crippen LogP contribution in [0.4, 0.5) is 0 Å². The molecule has 0 N–H and O–H groups in total. The van der Waals surface area contributed by atoms with E-state index < -0.39 is 0 Å². The quantitative estimate of drug-likeness (QED) is 0.549. The van der Waals surface area contributed by atoms with Gasteiger partial charge in [-0.2, -0.15) is 0 Å². The molecule has 0 heteroatoms. The van der Waals surface area contributed by atoms with Gasteiger partial charge in [0.15, 0.2) is 0 Å². The van der Waals surface area contributed by atoms with Gasteiger partial charge in [-0.15, -0.1) is 0 Å². The lowest BCUT2D eigenvalue weighted by Gasteiger charge is -2.16. The summed E-state index contributed by atoms with van der Waals surface area (Å²) in [5.74, 6) is 2.87. The van der Waals surface area contributed by atoms with Gasteiger partial charge in [-0.1, -0.05) is 53.9 Å². The topological polar surface area (TPSA) is 0 Å². The second-order valence-electron chi connectivity index (χ2n) is 5.41. The number of hydrogen-bond acceptors (Lipinski definition) is 0. The standard InChI is InChI=1S/C13H26/c1-6-7-8-9-12-11(4)13(12,5)10(2)3/h10-12H,6-9H2,1-5H3. The fraction of sp³-hybridized carbons (Fsp3) is 1.00. The molecule has 78 valence electrons. The highest BCUT2D eigenvalue weighted by atomic mass is 14.6. The third-order valence-electron chi connectivity index (χ3n) is 4.64. The molecule has 0 aromatic rings. The average molecular weight is 182 g/mol. The molecule has 1 saturated carbocycles. The van der Waals surface area contributed by atoms with Gasteiger partial charge in [-0.3, -0.25) is 0 Å². The van der Waals surface area contributed by atoms with Crippen molar-refractivity contribution in [2.24, 2.45) is 23.2 Å². The molecule has 0 amide bonds. The van der Waals surface area contributed by atoms with Crippen LogP contribution in [0, 0.1) is 23.2 Å². The molecule has 0 heterocycles. The van der Waals surface area contributed by atoms with Gasteiger partial charge in [0.1, 0.15) is 0 Å². The molecular weight excluding hydrogens is 156 g/mol. The van der Waals surface area contributed by atoms with Gasteiger partial charge in [-0.05, 0) is 29.6 Å². The maximum atomic E-state index is 2.49. The van der Waals surface area contributed by atoms with Crippen LogP contribution < -0.4 is 0 Å². The first-order chi connectivity index (χ1) is 6.05. The molecule has 0 nitrogen and oxygen atoms in total. The Kier molecular flexibility index (Phi) is 3.43. The fourth-order valence-corrected chi connectivity index (χ4v) is 2.99. The summed E-state index contributed by atoms with van der Waals surface area (Å²) >= 11 is 0. The first-order valence-corrected chi connectivity index (χ1v) is 6.05. The Morgan fingerprint density at radius 2 is 1.85 bits per heavy atom. The zero-order chi connectivity index (χ0) is 10.1. The molecule has 3 atom stereocenters. The summed E-state index contributed by atoms with van der Waals surface area (Å²) in [6.07, 6.45) is 5.72. The monoisotopic (exact) mass is 182 g/mol. The fourth-order valence-electron chi connectivity index (χ4n) is 2.99. The smallest absolute Gasteiger partial charge is 0.0243 e. The lowest BCUT2D eigenvalue weighted by atomic mass is 9.89. The van der Waals surface area contributed by atoms with Crippen LogP contribution in [0.15, 0.2) is 0 Å². The Bertz CT molecular complexity index is 159. The summed E-state index contributed by atoms with van der Waals surface area (Å²) in [4.78, 5) is 0. The second kappa shape index (κ2) is 4.02. The largest absolute Gasteiger partial charge is 0.0654 e. The molecule has 3 unspecified atom stereocenters. The zero-order valence-electron chi connectivity index (χ0n) is 10.1. The van der Waals surface area contributed by atoms with E-state index in [2.05, 4.69) is 34.6 Å². The van der Waals surface area contributed by atoms with Crippen molar-refractivity contribution >= 4 is 0 Å². The minimum Gasteiger partial charge on any atom is -0.0654 e. The first kappa shape index (κ1) is 11.1. The predicted octanol–water partition coefficient (Wildman–Crippen LogP) is 4.49. The van der Waals surface area contributed by atoms with Crippen LogP contribution in [0.2, 0.25) is 0 Å². The van der Waals surface area contributed by atoms with E-state index >= 15 is 0 Å². The summed E-state index contributed by atoms with van der Waals surface area (Å²) < 4.78 is 0. The van der Waals surface area contributed by atoms with Crippen molar-refractivity contribution in [2.75, 3.05) is 0 Å². The van der Waals surface area contributed by atoms with Crippen molar-refractivity contribution in [1.29, 1.82) is 0 Å². The lowest BCUT2D eigenvalue weighted by molar-refractivity contribution is 0.333. The molecule has 0 radical (unpaired) electrons. The van der Waals surface area contributed by atoms with Gasteiger partial charge >= 0.3 is 0 Å². The molecule has 1 rings (SSSR count).